The monoisotopic (exact) mass is 407 g/mol. The zero-order valence-corrected chi connectivity index (χ0v) is 15.9. The number of carbonyl (C=O) groups is 1. The molecule has 2 saturated carbocycles. The van der Waals surface area contributed by atoms with Gasteiger partial charge in [0.25, 0.3) is 0 Å². The molecule has 2 aromatic heterocycles. The van der Waals surface area contributed by atoms with E-state index in [9.17, 15) is 18.0 Å². The lowest BCUT2D eigenvalue weighted by atomic mass is 9.88. The number of nitrogens with one attached hydrogen (secondary N) is 1. The van der Waals surface area contributed by atoms with Crippen LogP contribution in [0, 0.1) is 23.7 Å². The van der Waals surface area contributed by atoms with Crippen molar-refractivity contribution in [1.29, 1.82) is 0 Å². The van der Waals surface area contributed by atoms with E-state index < -0.39 is 24.0 Å². The van der Waals surface area contributed by atoms with Crippen LogP contribution in [0.5, 0.6) is 0 Å². The summed E-state index contributed by atoms with van der Waals surface area (Å²) in [6.45, 7) is 0. The quantitative estimate of drug-likeness (QED) is 0.771. The molecular weight excluding hydrogens is 383 g/mol. The van der Waals surface area contributed by atoms with Crippen LogP contribution in [0.25, 0.3) is 5.65 Å². The number of aromatic nitrogens is 3. The summed E-state index contributed by atoms with van der Waals surface area (Å²) in [4.78, 5) is 16.6. The van der Waals surface area contributed by atoms with E-state index in [1.165, 1.54) is 25.7 Å². The molecule has 0 aromatic carbocycles. The van der Waals surface area contributed by atoms with Crippen molar-refractivity contribution in [2.75, 3.05) is 0 Å². The van der Waals surface area contributed by atoms with Crippen LogP contribution in [0.3, 0.4) is 0 Å². The maximum absolute atomic E-state index is 12.9. The Bertz CT molecular complexity index is 922. The van der Waals surface area contributed by atoms with Crippen LogP contribution in [0.1, 0.15) is 49.5 Å². The van der Waals surface area contributed by atoms with Gasteiger partial charge in [-0.2, -0.15) is 18.3 Å². The second kappa shape index (κ2) is 6.68. The molecule has 0 radical (unpaired) electrons. The fourth-order valence-electron chi connectivity index (χ4n) is 4.72. The number of amides is 1. The average molecular weight is 407 g/mol. The van der Waals surface area contributed by atoms with Gasteiger partial charge in [0.05, 0.1) is 23.6 Å². The molecule has 0 unspecified atom stereocenters. The minimum Gasteiger partial charge on any atom is -0.344 e. The van der Waals surface area contributed by atoms with Crippen LogP contribution in [0.2, 0.25) is 0 Å². The highest BCUT2D eigenvalue weighted by Gasteiger charge is 2.48. The van der Waals surface area contributed by atoms with Gasteiger partial charge >= 0.3 is 6.18 Å². The lowest BCUT2D eigenvalue weighted by molar-refractivity contribution is -0.154. The second-order valence-electron chi connectivity index (χ2n) is 8.81. The van der Waals surface area contributed by atoms with Gasteiger partial charge < -0.3 is 11.1 Å². The Labute approximate surface area is 166 Å². The maximum atomic E-state index is 12.9. The number of alkyl halides is 3. The number of hydrogen-bond donors (Lipinski definition) is 2. The number of rotatable bonds is 6. The van der Waals surface area contributed by atoms with Crippen LogP contribution < -0.4 is 11.1 Å². The third kappa shape index (κ3) is 3.72. The number of imidazole rings is 1. The Morgan fingerprint density at radius 1 is 1.21 bits per heavy atom. The van der Waals surface area contributed by atoms with Crippen molar-refractivity contribution < 1.29 is 18.0 Å². The van der Waals surface area contributed by atoms with E-state index in [0.717, 1.165) is 5.69 Å². The van der Waals surface area contributed by atoms with Crippen LogP contribution in [-0.2, 0) is 11.2 Å². The van der Waals surface area contributed by atoms with Crippen molar-refractivity contribution >= 4 is 11.6 Å². The lowest BCUT2D eigenvalue weighted by Gasteiger charge is -2.21. The Kier molecular flexibility index (Phi) is 4.34. The van der Waals surface area contributed by atoms with Crippen molar-refractivity contribution in [3.8, 4) is 0 Å². The molecule has 3 fully saturated rings. The standard InChI is InChI=1S/C20H24F3N5O/c21-20(22,23)15-8-12(19(29)26-15)7-13-5-6-16-25-14(9-28(16)27-13)18(24)17(10-1-2-10)11-3-4-11/h5-6,9-12,15,17-18H,1-4,7-8,24H2,(H,26,29)/t12-,15-,18+/m0/s1. The first kappa shape index (κ1) is 18.8. The van der Waals surface area contributed by atoms with Crippen molar-refractivity contribution in [2.24, 2.45) is 29.4 Å². The molecule has 0 bridgehead atoms. The van der Waals surface area contributed by atoms with Gasteiger partial charge in [-0.3, -0.25) is 4.79 Å². The van der Waals surface area contributed by atoms with Crippen molar-refractivity contribution in [1.82, 2.24) is 19.9 Å². The Hall–Kier alpha value is -2.16. The highest BCUT2D eigenvalue weighted by molar-refractivity contribution is 5.81. The first-order valence-corrected chi connectivity index (χ1v) is 10.3. The van der Waals surface area contributed by atoms with Gasteiger partial charge in [-0.25, -0.2) is 9.50 Å². The largest absolute Gasteiger partial charge is 0.408 e. The Morgan fingerprint density at radius 3 is 2.48 bits per heavy atom. The summed E-state index contributed by atoms with van der Waals surface area (Å²) in [6, 6.07) is 1.62. The van der Waals surface area contributed by atoms with Crippen LogP contribution >= 0.6 is 0 Å². The third-order valence-corrected chi connectivity index (χ3v) is 6.54. The van der Waals surface area contributed by atoms with Crippen molar-refractivity contribution in [3.05, 3.63) is 29.7 Å². The second-order valence-corrected chi connectivity index (χ2v) is 8.81. The van der Waals surface area contributed by atoms with E-state index in [1.54, 1.807) is 16.6 Å². The Balaban J connectivity index is 1.32. The minimum absolute atomic E-state index is 0.117. The lowest BCUT2D eigenvalue weighted by Crippen LogP contribution is -2.38. The molecule has 9 heteroatoms. The summed E-state index contributed by atoms with van der Waals surface area (Å²) in [5.41, 5.74) is 8.61. The number of fused-ring (bicyclic) bond motifs is 1. The highest BCUT2D eigenvalue weighted by atomic mass is 19.4. The zero-order chi connectivity index (χ0) is 20.3. The van der Waals surface area contributed by atoms with E-state index in [1.807, 2.05) is 11.5 Å². The number of nitrogens with zero attached hydrogens (tertiary/aromatic N) is 3. The van der Waals surface area contributed by atoms with Gasteiger partial charge in [0, 0.05) is 12.3 Å². The minimum atomic E-state index is -4.42. The first-order chi connectivity index (χ1) is 13.8. The van der Waals surface area contributed by atoms with Crippen molar-refractivity contribution in [3.63, 3.8) is 0 Å². The van der Waals surface area contributed by atoms with Crippen LogP contribution in [-0.4, -0.2) is 32.7 Å². The van der Waals surface area contributed by atoms with Gasteiger partial charge in [-0.15, -0.1) is 0 Å². The van der Waals surface area contributed by atoms with Gasteiger partial charge in [0.1, 0.15) is 6.04 Å². The molecule has 156 valence electrons. The molecular formula is C20H24F3N5O. The molecule has 3 atom stereocenters. The van der Waals surface area contributed by atoms with Gasteiger partial charge in [-0.1, -0.05) is 0 Å². The van der Waals surface area contributed by atoms with Crippen molar-refractivity contribution in [2.45, 2.75) is 56.8 Å². The third-order valence-electron chi connectivity index (χ3n) is 6.54. The van der Waals surface area contributed by atoms with Gasteiger partial charge in [0.2, 0.25) is 5.91 Å². The van der Waals surface area contributed by atoms with Crippen LogP contribution in [0.15, 0.2) is 18.3 Å². The maximum Gasteiger partial charge on any atom is 0.408 e. The molecule has 29 heavy (non-hydrogen) atoms. The van der Waals surface area contributed by atoms with E-state index in [0.29, 0.717) is 29.1 Å². The van der Waals surface area contributed by atoms with Crippen LogP contribution in [0.4, 0.5) is 13.2 Å². The van der Waals surface area contributed by atoms with E-state index in [2.05, 4.69) is 10.1 Å². The predicted octanol–water partition coefficient (Wildman–Crippen LogP) is 2.77. The predicted molar refractivity (Wildman–Crippen MR) is 98.7 cm³/mol. The summed E-state index contributed by atoms with van der Waals surface area (Å²) in [7, 11) is 0. The van der Waals surface area contributed by atoms with E-state index in [-0.39, 0.29) is 18.9 Å². The summed E-state index contributed by atoms with van der Waals surface area (Å²) in [5, 5.41) is 6.52. The summed E-state index contributed by atoms with van der Waals surface area (Å²) < 4.78 is 40.2. The molecule has 1 saturated heterocycles. The number of hydrogen-bond acceptors (Lipinski definition) is 4. The van der Waals surface area contributed by atoms with Gasteiger partial charge in [-0.05, 0) is 62.0 Å². The Morgan fingerprint density at radius 2 is 1.90 bits per heavy atom. The number of carbonyl (C=O) groups excluding carboxylic acids is 1. The number of halogens is 3. The number of nitrogens with two attached hydrogens (primary N) is 1. The summed E-state index contributed by atoms with van der Waals surface area (Å²) in [5.74, 6) is 0.577. The van der Waals surface area contributed by atoms with E-state index >= 15 is 0 Å². The smallest absolute Gasteiger partial charge is 0.344 e. The normalized spacial score (nSPS) is 26.3. The molecule has 6 nitrogen and oxygen atoms in total. The molecule has 0 spiro atoms. The first-order valence-electron chi connectivity index (χ1n) is 10.3. The molecule has 5 rings (SSSR count). The zero-order valence-electron chi connectivity index (χ0n) is 15.9. The molecule has 3 heterocycles. The highest BCUT2D eigenvalue weighted by Crippen LogP contribution is 2.53. The molecule has 2 aliphatic carbocycles. The molecule has 3 aliphatic rings. The fourth-order valence-corrected chi connectivity index (χ4v) is 4.72. The topological polar surface area (TPSA) is 85.3 Å². The summed E-state index contributed by atoms with van der Waals surface area (Å²) in [6.07, 6.45) is 2.29. The van der Waals surface area contributed by atoms with Gasteiger partial charge in [0.15, 0.2) is 5.65 Å². The SMILES string of the molecule is N[C@H](c1cn2nc(C[C@H]3C[C@@H](C(F)(F)F)NC3=O)ccc2n1)C(C1CC1)C1CC1. The molecule has 2 aromatic rings. The fraction of sp³-hybridized carbons (Fsp3) is 0.650. The van der Waals surface area contributed by atoms with E-state index in [4.69, 9.17) is 5.73 Å². The molecule has 1 amide bonds. The molecule has 1 aliphatic heterocycles. The summed E-state index contributed by atoms with van der Waals surface area (Å²) >= 11 is 0. The average Bonchev–Trinajstić information content (AvgIpc) is 3.58. The molecule has 3 N–H and O–H groups in total.